The third-order valence-electron chi connectivity index (χ3n) is 0.894. The van der Waals surface area contributed by atoms with Gasteiger partial charge in [-0.1, -0.05) is 11.6 Å². The molecule has 1 rings (SSSR count). The van der Waals surface area contributed by atoms with Crippen LogP contribution in [0.3, 0.4) is 0 Å². The Morgan fingerprint density at radius 1 is 1.90 bits per heavy atom. The zero-order valence-electron chi connectivity index (χ0n) is 5.45. The summed E-state index contributed by atoms with van der Waals surface area (Å²) in [5.41, 5.74) is -0.641. The van der Waals surface area contributed by atoms with E-state index in [-0.39, 0.29) is 6.61 Å². The van der Waals surface area contributed by atoms with Crippen LogP contribution in [0.1, 0.15) is 6.92 Å². The first-order valence-corrected chi connectivity index (χ1v) is 4.77. The lowest BCUT2D eigenvalue weighted by atomic mass is 10.8. The van der Waals surface area contributed by atoms with E-state index in [1.807, 2.05) is 0 Å². The van der Waals surface area contributed by atoms with Crippen LogP contribution in [0.4, 0.5) is 0 Å². The van der Waals surface area contributed by atoms with Crippen LogP contribution >= 0.6 is 19.4 Å². The molecule has 0 aromatic carbocycles. The summed E-state index contributed by atoms with van der Waals surface area (Å²) in [4.78, 5) is 0. The lowest BCUT2D eigenvalue weighted by molar-refractivity contribution is 0.196. The molecule has 1 fully saturated rings. The topological polar surface area (TPSA) is 44.8 Å². The van der Waals surface area contributed by atoms with Crippen molar-refractivity contribution in [1.82, 2.24) is 0 Å². The Hall–Kier alpha value is 0.400. The fourth-order valence-corrected chi connectivity index (χ4v) is 2.19. The third kappa shape index (κ3) is 1.94. The summed E-state index contributed by atoms with van der Waals surface area (Å²) >= 11 is 5.43. The second kappa shape index (κ2) is 3.20. The van der Waals surface area contributed by atoms with Crippen molar-refractivity contribution in [3.8, 4) is 0 Å². The van der Waals surface area contributed by atoms with E-state index in [1.54, 1.807) is 6.92 Å². The standard InChI is InChI=1S/C4H8ClO4P/c1-2-7-10(6)8-3-4(5)9-10/h4H,2-3H2,1H3. The van der Waals surface area contributed by atoms with Gasteiger partial charge in [0, 0.05) is 0 Å². The minimum Gasteiger partial charge on any atom is -0.287 e. The van der Waals surface area contributed by atoms with Crippen molar-refractivity contribution in [1.29, 1.82) is 0 Å². The van der Waals surface area contributed by atoms with E-state index in [9.17, 15) is 4.57 Å². The van der Waals surface area contributed by atoms with Gasteiger partial charge in [-0.3, -0.25) is 13.6 Å². The second-order valence-corrected chi connectivity index (χ2v) is 3.78. The summed E-state index contributed by atoms with van der Waals surface area (Å²) < 4.78 is 25.1. The maximum Gasteiger partial charge on any atom is 0.476 e. The number of alkyl halides is 1. The van der Waals surface area contributed by atoms with Crippen molar-refractivity contribution in [2.75, 3.05) is 13.2 Å². The number of rotatable bonds is 2. The van der Waals surface area contributed by atoms with Gasteiger partial charge in [0.15, 0.2) is 5.56 Å². The quantitative estimate of drug-likeness (QED) is 0.487. The minimum absolute atomic E-state index is 0.124. The summed E-state index contributed by atoms with van der Waals surface area (Å²) in [5, 5.41) is 0. The van der Waals surface area contributed by atoms with Crippen LogP contribution in [0, 0.1) is 0 Å². The largest absolute Gasteiger partial charge is 0.476 e. The average molecular weight is 187 g/mol. The van der Waals surface area contributed by atoms with Crippen molar-refractivity contribution in [2.24, 2.45) is 0 Å². The first-order chi connectivity index (χ1) is 4.66. The van der Waals surface area contributed by atoms with E-state index < -0.39 is 13.4 Å². The van der Waals surface area contributed by atoms with E-state index in [0.717, 1.165) is 0 Å². The predicted octanol–water partition coefficient (Wildman–Crippen LogP) is 1.74. The van der Waals surface area contributed by atoms with Crippen LogP contribution in [0.15, 0.2) is 0 Å². The zero-order valence-corrected chi connectivity index (χ0v) is 7.10. The normalized spacial score (nSPS) is 40.4. The Labute approximate surface area is 64.0 Å². The molecule has 2 unspecified atom stereocenters. The first kappa shape index (κ1) is 8.50. The summed E-state index contributed by atoms with van der Waals surface area (Å²) in [6.45, 7) is 2.12. The highest BCUT2D eigenvalue weighted by atomic mass is 35.5. The smallest absolute Gasteiger partial charge is 0.287 e. The molecule has 0 saturated carbocycles. The highest BCUT2D eigenvalue weighted by Crippen LogP contribution is 2.55. The third-order valence-corrected chi connectivity index (χ3v) is 2.79. The van der Waals surface area contributed by atoms with Crippen molar-refractivity contribution in [3.05, 3.63) is 0 Å². The second-order valence-electron chi connectivity index (χ2n) is 1.68. The zero-order chi connectivity index (χ0) is 7.61. The first-order valence-electron chi connectivity index (χ1n) is 2.88. The molecule has 1 heterocycles. The molecule has 0 N–H and O–H groups in total. The monoisotopic (exact) mass is 186 g/mol. The molecule has 0 radical (unpaired) electrons. The molecule has 0 bridgehead atoms. The van der Waals surface area contributed by atoms with Crippen molar-refractivity contribution in [2.45, 2.75) is 12.5 Å². The lowest BCUT2D eigenvalue weighted by Crippen LogP contribution is -1.96. The van der Waals surface area contributed by atoms with Crippen LogP contribution in [0.2, 0.25) is 0 Å². The summed E-state index contributed by atoms with van der Waals surface area (Å²) in [7, 11) is -3.26. The Morgan fingerprint density at radius 3 is 3.00 bits per heavy atom. The SMILES string of the molecule is CCOP1(=O)OCC(Cl)O1. The van der Waals surface area contributed by atoms with Gasteiger partial charge in [-0.25, -0.2) is 4.57 Å². The molecule has 60 valence electrons. The maximum absolute atomic E-state index is 11.1. The predicted molar refractivity (Wildman–Crippen MR) is 35.9 cm³/mol. The molecule has 1 saturated heterocycles. The Bertz CT molecular complexity index is 155. The van der Waals surface area contributed by atoms with Gasteiger partial charge in [0.25, 0.3) is 0 Å². The van der Waals surface area contributed by atoms with Gasteiger partial charge in [-0.2, -0.15) is 0 Å². The van der Waals surface area contributed by atoms with Gasteiger partial charge in [0.1, 0.15) is 0 Å². The van der Waals surface area contributed by atoms with E-state index in [0.29, 0.717) is 6.61 Å². The Morgan fingerprint density at radius 2 is 2.60 bits per heavy atom. The Balaban J connectivity index is 2.47. The van der Waals surface area contributed by atoms with Crippen molar-refractivity contribution in [3.63, 3.8) is 0 Å². The fourth-order valence-electron chi connectivity index (χ4n) is 0.577. The van der Waals surface area contributed by atoms with E-state index >= 15 is 0 Å². The highest BCUT2D eigenvalue weighted by Gasteiger charge is 2.37. The molecule has 0 spiro atoms. The van der Waals surface area contributed by atoms with E-state index in [1.165, 1.54) is 0 Å². The van der Waals surface area contributed by atoms with E-state index in [4.69, 9.17) is 11.6 Å². The molecular formula is C4H8ClO4P. The summed E-state index contributed by atoms with van der Waals surface area (Å²) in [6.07, 6.45) is 0. The molecule has 0 amide bonds. The van der Waals surface area contributed by atoms with Gasteiger partial charge in [0.05, 0.1) is 13.2 Å². The summed E-state index contributed by atoms with van der Waals surface area (Å²) in [6, 6.07) is 0. The molecule has 0 aliphatic carbocycles. The number of phosphoric acid groups is 1. The molecule has 1 aliphatic rings. The van der Waals surface area contributed by atoms with Crippen LogP contribution < -0.4 is 0 Å². The fraction of sp³-hybridized carbons (Fsp3) is 1.00. The van der Waals surface area contributed by atoms with Gasteiger partial charge >= 0.3 is 7.82 Å². The van der Waals surface area contributed by atoms with Crippen LogP contribution in [0.5, 0.6) is 0 Å². The van der Waals surface area contributed by atoms with Crippen LogP contribution in [-0.4, -0.2) is 18.8 Å². The average Bonchev–Trinajstić information content (AvgIpc) is 2.12. The van der Waals surface area contributed by atoms with Gasteiger partial charge in [0.2, 0.25) is 0 Å². The van der Waals surface area contributed by atoms with Gasteiger partial charge in [-0.15, -0.1) is 0 Å². The molecule has 10 heavy (non-hydrogen) atoms. The van der Waals surface area contributed by atoms with Crippen LogP contribution in [-0.2, 0) is 18.1 Å². The van der Waals surface area contributed by atoms with E-state index in [2.05, 4.69) is 13.6 Å². The molecular weight excluding hydrogens is 178 g/mol. The lowest BCUT2D eigenvalue weighted by Gasteiger charge is -2.06. The number of hydrogen-bond donors (Lipinski definition) is 0. The molecule has 2 atom stereocenters. The summed E-state index contributed by atoms with van der Waals surface area (Å²) in [5.74, 6) is 0. The number of hydrogen-bond acceptors (Lipinski definition) is 4. The molecule has 4 nitrogen and oxygen atoms in total. The maximum atomic E-state index is 11.1. The Kier molecular flexibility index (Phi) is 2.72. The molecule has 0 aromatic heterocycles. The number of phosphoric ester groups is 1. The van der Waals surface area contributed by atoms with Crippen molar-refractivity contribution >= 4 is 19.4 Å². The molecule has 0 aromatic rings. The highest BCUT2D eigenvalue weighted by molar-refractivity contribution is 7.48. The van der Waals surface area contributed by atoms with Gasteiger partial charge < -0.3 is 0 Å². The van der Waals surface area contributed by atoms with Crippen LogP contribution in [0.25, 0.3) is 0 Å². The van der Waals surface area contributed by atoms with Crippen molar-refractivity contribution < 1.29 is 18.1 Å². The molecule has 6 heteroatoms. The van der Waals surface area contributed by atoms with Gasteiger partial charge in [-0.05, 0) is 6.92 Å². The number of halogens is 1. The minimum atomic E-state index is -3.26. The molecule has 1 aliphatic heterocycles.